The second-order valence-corrected chi connectivity index (χ2v) is 7.78. The Morgan fingerprint density at radius 3 is 2.33 bits per heavy atom. The van der Waals surface area contributed by atoms with Gasteiger partial charge in [0, 0.05) is 43.5 Å². The largest absolute Gasteiger partial charge is 0.354 e. The van der Waals surface area contributed by atoms with Gasteiger partial charge >= 0.3 is 0 Å². The summed E-state index contributed by atoms with van der Waals surface area (Å²) in [5, 5.41) is 0. The summed E-state index contributed by atoms with van der Waals surface area (Å²) in [4.78, 5) is 9.61. The number of halogens is 2. The van der Waals surface area contributed by atoms with Gasteiger partial charge in [-0.3, -0.25) is 0 Å². The van der Waals surface area contributed by atoms with E-state index < -0.39 is 11.6 Å². The van der Waals surface area contributed by atoms with E-state index >= 15 is 0 Å². The van der Waals surface area contributed by atoms with Crippen molar-refractivity contribution in [3.05, 3.63) is 47.2 Å². The van der Waals surface area contributed by atoms with Gasteiger partial charge in [-0.1, -0.05) is 12.8 Å². The quantitative estimate of drug-likeness (QED) is 0.778. The molecule has 1 aliphatic carbocycles. The van der Waals surface area contributed by atoms with E-state index in [9.17, 15) is 8.78 Å². The molecule has 1 aromatic heterocycles. The van der Waals surface area contributed by atoms with E-state index in [0.717, 1.165) is 80.6 Å². The summed E-state index contributed by atoms with van der Waals surface area (Å²) in [6, 6.07) is 5.94. The molecule has 1 aliphatic heterocycles. The Bertz CT molecular complexity index is 813. The third-order valence-corrected chi connectivity index (χ3v) is 5.84. The first-order valence-corrected chi connectivity index (χ1v) is 10.0. The zero-order valence-corrected chi connectivity index (χ0v) is 16.0. The molecule has 0 atom stereocenters. The van der Waals surface area contributed by atoms with Crippen LogP contribution in [0.1, 0.15) is 36.9 Å². The van der Waals surface area contributed by atoms with Crippen LogP contribution < -0.4 is 4.90 Å². The lowest BCUT2D eigenvalue weighted by Gasteiger charge is -2.34. The molecule has 0 N–H and O–H groups in total. The fraction of sp³-hybridized carbons (Fsp3) is 0.500. The molecule has 144 valence electrons. The Morgan fingerprint density at radius 2 is 1.59 bits per heavy atom. The van der Waals surface area contributed by atoms with Gasteiger partial charge in [-0.2, -0.15) is 0 Å². The lowest BCUT2D eigenvalue weighted by atomic mass is 9.90. The second kappa shape index (κ2) is 7.93. The first-order chi connectivity index (χ1) is 13.1. The molecule has 5 heteroatoms. The van der Waals surface area contributed by atoms with Crippen LogP contribution in [0.3, 0.4) is 0 Å². The Morgan fingerprint density at radius 1 is 0.852 bits per heavy atom. The third-order valence-electron chi connectivity index (χ3n) is 5.84. The van der Waals surface area contributed by atoms with Gasteiger partial charge in [0.2, 0.25) is 0 Å². The number of benzene rings is 1. The summed E-state index contributed by atoms with van der Waals surface area (Å²) >= 11 is 0. The number of nitrogens with zero attached hydrogens (tertiary/aromatic N) is 3. The normalized spacial score (nSPS) is 18.7. The minimum Gasteiger partial charge on any atom is -0.354 e. The average Bonchev–Trinajstić information content (AvgIpc) is 2.62. The van der Waals surface area contributed by atoms with Crippen LogP contribution >= 0.6 is 0 Å². The molecule has 3 nitrogen and oxygen atoms in total. The maximum Gasteiger partial charge on any atom is 0.133 e. The summed E-state index contributed by atoms with van der Waals surface area (Å²) in [6.45, 7) is 3.85. The van der Waals surface area contributed by atoms with Gasteiger partial charge in [0.05, 0.1) is 0 Å². The topological polar surface area (TPSA) is 19.4 Å². The zero-order chi connectivity index (χ0) is 18.8. The second-order valence-electron chi connectivity index (χ2n) is 7.78. The number of pyridine rings is 1. The molecule has 27 heavy (non-hydrogen) atoms. The molecular formula is C22H27F2N3. The molecule has 2 aliphatic rings. The molecule has 0 amide bonds. The Labute approximate surface area is 160 Å². The van der Waals surface area contributed by atoms with Crippen molar-refractivity contribution in [2.24, 2.45) is 0 Å². The summed E-state index contributed by atoms with van der Waals surface area (Å²) in [5.41, 5.74) is 3.64. The monoisotopic (exact) mass is 371 g/mol. The van der Waals surface area contributed by atoms with Gasteiger partial charge in [-0.05, 0) is 62.1 Å². The van der Waals surface area contributed by atoms with Crippen molar-refractivity contribution < 1.29 is 8.78 Å². The molecule has 1 aromatic carbocycles. The zero-order valence-electron chi connectivity index (χ0n) is 16.0. The van der Waals surface area contributed by atoms with Gasteiger partial charge in [0.25, 0.3) is 0 Å². The summed E-state index contributed by atoms with van der Waals surface area (Å²) in [7, 11) is 2.13. The van der Waals surface area contributed by atoms with Crippen LogP contribution in [0.15, 0.2) is 24.3 Å². The maximum absolute atomic E-state index is 14.6. The van der Waals surface area contributed by atoms with Crippen LogP contribution in [0, 0.1) is 11.6 Å². The number of rotatable bonds is 2. The molecule has 0 radical (unpaired) electrons. The molecular weight excluding hydrogens is 344 g/mol. The van der Waals surface area contributed by atoms with E-state index in [1.165, 1.54) is 18.9 Å². The van der Waals surface area contributed by atoms with Crippen LogP contribution in [0.2, 0.25) is 0 Å². The van der Waals surface area contributed by atoms with Crippen molar-refractivity contribution in [2.45, 2.75) is 38.5 Å². The number of fused-ring (bicyclic) bond motifs is 1. The minimum atomic E-state index is -0.535. The Balaban J connectivity index is 1.81. The van der Waals surface area contributed by atoms with E-state index in [0.29, 0.717) is 5.56 Å². The van der Waals surface area contributed by atoms with Gasteiger partial charge in [-0.15, -0.1) is 0 Å². The fourth-order valence-corrected chi connectivity index (χ4v) is 4.19. The molecule has 0 bridgehead atoms. The highest BCUT2D eigenvalue weighted by Gasteiger charge is 2.22. The van der Waals surface area contributed by atoms with E-state index in [1.54, 1.807) is 6.07 Å². The molecule has 2 heterocycles. The van der Waals surface area contributed by atoms with E-state index in [4.69, 9.17) is 4.98 Å². The summed E-state index contributed by atoms with van der Waals surface area (Å²) in [5.74, 6) is -0.0941. The van der Waals surface area contributed by atoms with Crippen molar-refractivity contribution >= 4 is 5.82 Å². The van der Waals surface area contributed by atoms with Crippen molar-refractivity contribution in [1.29, 1.82) is 0 Å². The van der Waals surface area contributed by atoms with Gasteiger partial charge in [0.1, 0.15) is 17.5 Å². The fourth-order valence-electron chi connectivity index (χ4n) is 4.19. The predicted octanol–water partition coefficient (Wildman–Crippen LogP) is 4.44. The number of anilines is 1. The van der Waals surface area contributed by atoms with Crippen molar-refractivity contribution in [1.82, 2.24) is 9.88 Å². The van der Waals surface area contributed by atoms with Gasteiger partial charge < -0.3 is 9.80 Å². The number of piperazine rings is 1. The van der Waals surface area contributed by atoms with E-state index in [-0.39, 0.29) is 0 Å². The third kappa shape index (κ3) is 3.98. The first kappa shape index (κ1) is 18.4. The highest BCUT2D eigenvalue weighted by atomic mass is 19.1. The van der Waals surface area contributed by atoms with Gasteiger partial charge in [0.15, 0.2) is 0 Å². The number of aromatic nitrogens is 1. The van der Waals surface area contributed by atoms with Crippen LogP contribution in [0.4, 0.5) is 14.6 Å². The van der Waals surface area contributed by atoms with Crippen LogP contribution in [0.5, 0.6) is 0 Å². The number of hydrogen-bond donors (Lipinski definition) is 0. The first-order valence-electron chi connectivity index (χ1n) is 10.0. The lowest BCUT2D eigenvalue weighted by Crippen LogP contribution is -2.45. The minimum absolute atomic E-state index is 0.491. The van der Waals surface area contributed by atoms with Crippen LogP contribution in [-0.2, 0) is 12.8 Å². The highest BCUT2D eigenvalue weighted by molar-refractivity contribution is 5.72. The molecule has 2 aromatic rings. The SMILES string of the molecule is CN1CCN(c2cc(-c3ccc(F)cc3F)c3c(n2)CCCCCC3)CC1. The standard InChI is InChI=1S/C22H27F2N3/c1-26-10-12-27(13-11-26)22-15-19(17-9-8-16(23)14-20(17)24)18-6-4-2-3-5-7-21(18)25-22/h8-9,14-15H,2-7,10-13H2,1H3. The number of hydrogen-bond acceptors (Lipinski definition) is 3. The lowest BCUT2D eigenvalue weighted by molar-refractivity contribution is 0.312. The predicted molar refractivity (Wildman–Crippen MR) is 105 cm³/mol. The van der Waals surface area contributed by atoms with E-state index in [1.807, 2.05) is 6.07 Å². The van der Waals surface area contributed by atoms with Crippen molar-refractivity contribution in [3.63, 3.8) is 0 Å². The highest BCUT2D eigenvalue weighted by Crippen LogP contribution is 2.34. The van der Waals surface area contributed by atoms with E-state index in [2.05, 4.69) is 16.8 Å². The van der Waals surface area contributed by atoms with Gasteiger partial charge in [-0.25, -0.2) is 13.8 Å². The Hall–Kier alpha value is -2.01. The van der Waals surface area contributed by atoms with Crippen molar-refractivity contribution in [3.8, 4) is 11.1 Å². The van der Waals surface area contributed by atoms with Crippen LogP contribution in [-0.4, -0.2) is 43.1 Å². The van der Waals surface area contributed by atoms with Crippen molar-refractivity contribution in [2.75, 3.05) is 38.1 Å². The molecule has 1 saturated heterocycles. The molecule has 1 fully saturated rings. The molecule has 0 unspecified atom stereocenters. The summed E-state index contributed by atoms with van der Waals surface area (Å²) < 4.78 is 28.1. The average molecular weight is 371 g/mol. The van der Waals surface area contributed by atoms with Crippen LogP contribution in [0.25, 0.3) is 11.1 Å². The number of aryl methyl sites for hydroxylation is 1. The number of likely N-dealkylation sites (N-methyl/N-ethyl adjacent to an activating group) is 1. The molecule has 0 saturated carbocycles. The molecule has 4 rings (SSSR count). The smallest absolute Gasteiger partial charge is 0.133 e. The summed E-state index contributed by atoms with van der Waals surface area (Å²) in [6.07, 6.45) is 6.49. The maximum atomic E-state index is 14.6. The molecule has 0 spiro atoms. The Kier molecular flexibility index (Phi) is 5.39.